The van der Waals surface area contributed by atoms with Crippen LogP contribution in [0.5, 0.6) is 0 Å². The van der Waals surface area contributed by atoms with Gasteiger partial charge in [0.05, 0.1) is 11.2 Å². The van der Waals surface area contributed by atoms with Gasteiger partial charge >= 0.3 is 0 Å². The van der Waals surface area contributed by atoms with Crippen molar-refractivity contribution in [2.24, 2.45) is 0 Å². The smallest absolute Gasteiger partial charge is 0.123 e. The maximum absolute atomic E-state index is 13.2. The highest BCUT2D eigenvalue weighted by Gasteiger charge is 2.07. The highest BCUT2D eigenvalue weighted by Crippen LogP contribution is 2.29. The first-order valence-corrected chi connectivity index (χ1v) is 7.93. The Hall–Kier alpha value is -3.00. The van der Waals surface area contributed by atoms with Crippen molar-refractivity contribution in [3.63, 3.8) is 0 Å². The lowest BCUT2D eigenvalue weighted by Gasteiger charge is -2.09. The van der Waals surface area contributed by atoms with Crippen molar-refractivity contribution in [3.05, 3.63) is 90.2 Å². The molecule has 2 heteroatoms. The Balaban J connectivity index is 1.90. The van der Waals surface area contributed by atoms with E-state index >= 15 is 0 Å². The monoisotopic (exact) mass is 313 g/mol. The van der Waals surface area contributed by atoms with Crippen molar-refractivity contribution in [1.29, 1.82) is 0 Å². The van der Waals surface area contributed by atoms with Gasteiger partial charge in [-0.15, -0.1) is 0 Å². The second-order valence-corrected chi connectivity index (χ2v) is 5.95. The number of benzene rings is 3. The van der Waals surface area contributed by atoms with Crippen molar-refractivity contribution >= 4 is 10.9 Å². The minimum absolute atomic E-state index is 0.229. The topological polar surface area (TPSA) is 12.9 Å². The lowest BCUT2D eigenvalue weighted by atomic mass is 10.0. The number of para-hydroxylation sites is 1. The average Bonchev–Trinajstić information content (AvgIpc) is 2.62. The van der Waals surface area contributed by atoms with Gasteiger partial charge in [0.1, 0.15) is 5.82 Å². The highest BCUT2D eigenvalue weighted by molar-refractivity contribution is 5.94. The predicted octanol–water partition coefficient (Wildman–Crippen LogP) is 6.02. The molecule has 0 fully saturated rings. The molecule has 0 aliphatic heterocycles. The second kappa shape index (κ2) is 5.89. The Labute approximate surface area is 140 Å². The Morgan fingerprint density at radius 1 is 0.708 bits per heavy atom. The van der Waals surface area contributed by atoms with Gasteiger partial charge in [0.25, 0.3) is 0 Å². The van der Waals surface area contributed by atoms with Crippen LogP contribution >= 0.6 is 0 Å². The third kappa shape index (κ3) is 2.67. The molecule has 0 saturated heterocycles. The van der Waals surface area contributed by atoms with Crippen molar-refractivity contribution in [1.82, 2.24) is 4.98 Å². The first-order valence-electron chi connectivity index (χ1n) is 7.93. The molecule has 4 aromatic rings. The lowest BCUT2D eigenvalue weighted by Crippen LogP contribution is -1.89. The summed E-state index contributed by atoms with van der Waals surface area (Å²) in [6, 6.07) is 25.1. The molecule has 0 saturated carbocycles. The zero-order valence-corrected chi connectivity index (χ0v) is 13.3. The van der Waals surface area contributed by atoms with Crippen LogP contribution in [-0.2, 0) is 0 Å². The maximum Gasteiger partial charge on any atom is 0.123 e. The summed E-state index contributed by atoms with van der Waals surface area (Å²) in [6.07, 6.45) is 0. The van der Waals surface area contributed by atoms with Crippen LogP contribution in [-0.4, -0.2) is 4.98 Å². The molecular formula is C22H16FN. The fourth-order valence-corrected chi connectivity index (χ4v) is 2.89. The molecule has 0 N–H and O–H groups in total. The van der Waals surface area contributed by atoms with Crippen LogP contribution < -0.4 is 0 Å². The van der Waals surface area contributed by atoms with Crippen molar-refractivity contribution in [3.8, 4) is 22.4 Å². The number of halogens is 1. The first-order chi connectivity index (χ1) is 11.7. The third-order valence-electron chi connectivity index (χ3n) is 4.22. The van der Waals surface area contributed by atoms with E-state index in [1.165, 1.54) is 17.7 Å². The zero-order chi connectivity index (χ0) is 16.5. The molecule has 0 atom stereocenters. The zero-order valence-electron chi connectivity index (χ0n) is 13.3. The fourth-order valence-electron chi connectivity index (χ4n) is 2.89. The summed E-state index contributed by atoms with van der Waals surface area (Å²) >= 11 is 0. The molecule has 1 aromatic heterocycles. The number of pyridine rings is 1. The molecule has 0 aliphatic rings. The molecule has 1 heterocycles. The Bertz CT molecular complexity index is 1000. The first kappa shape index (κ1) is 14.6. The minimum Gasteiger partial charge on any atom is -0.247 e. The van der Waals surface area contributed by atoms with E-state index in [0.29, 0.717) is 0 Å². The summed E-state index contributed by atoms with van der Waals surface area (Å²) < 4.78 is 13.2. The van der Waals surface area contributed by atoms with Gasteiger partial charge in [0.15, 0.2) is 0 Å². The van der Waals surface area contributed by atoms with E-state index in [-0.39, 0.29) is 5.82 Å². The summed E-state index contributed by atoms with van der Waals surface area (Å²) in [4.78, 5) is 4.88. The van der Waals surface area contributed by atoms with Crippen LogP contribution in [0.4, 0.5) is 4.39 Å². The summed E-state index contributed by atoms with van der Waals surface area (Å²) in [6.45, 7) is 2.07. The van der Waals surface area contributed by atoms with E-state index in [1.54, 1.807) is 12.1 Å². The number of rotatable bonds is 2. The highest BCUT2D eigenvalue weighted by atomic mass is 19.1. The van der Waals surface area contributed by atoms with Crippen LogP contribution in [0.2, 0.25) is 0 Å². The number of aryl methyl sites for hydroxylation is 1. The van der Waals surface area contributed by atoms with E-state index in [4.69, 9.17) is 4.98 Å². The van der Waals surface area contributed by atoms with E-state index < -0.39 is 0 Å². The number of hydrogen-bond donors (Lipinski definition) is 0. The number of fused-ring (bicyclic) bond motifs is 1. The van der Waals surface area contributed by atoms with E-state index in [1.807, 2.05) is 24.3 Å². The number of aromatic nitrogens is 1. The Kier molecular flexibility index (Phi) is 3.58. The molecule has 0 amide bonds. The Morgan fingerprint density at radius 3 is 2.17 bits per heavy atom. The average molecular weight is 313 g/mol. The molecule has 116 valence electrons. The molecule has 3 aromatic carbocycles. The second-order valence-electron chi connectivity index (χ2n) is 5.95. The molecule has 0 spiro atoms. The SMILES string of the molecule is Cc1ccc(-c2ccc3cccc(-c4ccc(F)cc4)c3n2)cc1. The van der Waals surface area contributed by atoms with Crippen molar-refractivity contribution in [2.45, 2.75) is 6.92 Å². The molecule has 4 rings (SSSR count). The van der Waals surface area contributed by atoms with Crippen LogP contribution in [0.1, 0.15) is 5.56 Å². The van der Waals surface area contributed by atoms with Crippen molar-refractivity contribution < 1.29 is 4.39 Å². The van der Waals surface area contributed by atoms with Crippen LogP contribution in [0.25, 0.3) is 33.3 Å². The predicted molar refractivity (Wildman–Crippen MR) is 97.3 cm³/mol. The maximum atomic E-state index is 13.2. The largest absolute Gasteiger partial charge is 0.247 e. The van der Waals surface area contributed by atoms with Gasteiger partial charge in [-0.25, -0.2) is 9.37 Å². The summed E-state index contributed by atoms with van der Waals surface area (Å²) in [5.41, 5.74) is 6.18. The van der Waals surface area contributed by atoms with Gasteiger partial charge < -0.3 is 0 Å². The van der Waals surface area contributed by atoms with Crippen molar-refractivity contribution in [2.75, 3.05) is 0 Å². The normalized spacial score (nSPS) is 10.9. The summed E-state index contributed by atoms with van der Waals surface area (Å²) in [5.74, 6) is -0.229. The number of hydrogen-bond acceptors (Lipinski definition) is 1. The molecule has 0 aliphatic carbocycles. The van der Waals surface area contributed by atoms with E-state index in [9.17, 15) is 4.39 Å². The van der Waals surface area contributed by atoms with Crippen LogP contribution in [0.15, 0.2) is 78.9 Å². The van der Waals surface area contributed by atoms with Gasteiger partial charge in [0, 0.05) is 16.5 Å². The lowest BCUT2D eigenvalue weighted by molar-refractivity contribution is 0.628. The van der Waals surface area contributed by atoms with Crippen LogP contribution in [0, 0.1) is 12.7 Å². The van der Waals surface area contributed by atoms with E-state index in [0.717, 1.165) is 33.3 Å². The van der Waals surface area contributed by atoms with Gasteiger partial charge in [-0.1, -0.05) is 66.2 Å². The molecule has 0 bridgehead atoms. The third-order valence-corrected chi connectivity index (χ3v) is 4.22. The van der Waals surface area contributed by atoms with Gasteiger partial charge in [-0.3, -0.25) is 0 Å². The fraction of sp³-hybridized carbons (Fsp3) is 0.0455. The molecule has 0 unspecified atom stereocenters. The molecule has 24 heavy (non-hydrogen) atoms. The molecule has 1 nitrogen and oxygen atoms in total. The summed E-state index contributed by atoms with van der Waals surface area (Å²) in [7, 11) is 0. The van der Waals surface area contributed by atoms with Gasteiger partial charge in [-0.05, 0) is 30.7 Å². The number of nitrogens with zero attached hydrogens (tertiary/aromatic N) is 1. The molecule has 0 radical (unpaired) electrons. The van der Waals surface area contributed by atoms with E-state index in [2.05, 4.69) is 37.3 Å². The standard InChI is InChI=1S/C22H16FN/c1-15-5-7-17(8-6-15)21-14-11-18-3-2-4-20(22(18)24-21)16-9-12-19(23)13-10-16/h2-14H,1H3. The van der Waals surface area contributed by atoms with Crippen LogP contribution in [0.3, 0.4) is 0 Å². The Morgan fingerprint density at radius 2 is 1.42 bits per heavy atom. The van der Waals surface area contributed by atoms with Gasteiger partial charge in [-0.2, -0.15) is 0 Å². The molecular weight excluding hydrogens is 297 g/mol. The summed E-state index contributed by atoms with van der Waals surface area (Å²) in [5, 5.41) is 1.08. The minimum atomic E-state index is -0.229. The quantitative estimate of drug-likeness (QED) is 0.441. The van der Waals surface area contributed by atoms with Gasteiger partial charge in [0.2, 0.25) is 0 Å².